The number of tetrazole rings is 1. The van der Waals surface area contributed by atoms with E-state index < -0.39 is 0 Å². The molecule has 1 aliphatic heterocycles. The van der Waals surface area contributed by atoms with E-state index in [0.717, 1.165) is 30.2 Å². The molecule has 0 saturated carbocycles. The Labute approximate surface area is 160 Å². The molecule has 1 aromatic carbocycles. The Kier molecular flexibility index (Phi) is 7.00. The van der Waals surface area contributed by atoms with Crippen LogP contribution in [0.15, 0.2) is 18.2 Å². The van der Waals surface area contributed by atoms with Gasteiger partial charge in [-0.25, -0.2) is 4.68 Å². The molecule has 27 heavy (non-hydrogen) atoms. The Hall–Kier alpha value is -2.19. The molecule has 1 atom stereocenters. The molecule has 1 unspecified atom stereocenters. The van der Waals surface area contributed by atoms with Crippen molar-refractivity contribution in [3.63, 3.8) is 0 Å². The number of benzene rings is 1. The standard InChI is InChI=1S/C19H29N5O3/c1-25-13-12-24-19(20-21-22-24)18(23-10-6-4-5-7-11-23)15-8-9-16(26-2)17(14-15)27-3/h8-9,14,18H,4-7,10-13H2,1-3H3. The zero-order valence-corrected chi connectivity index (χ0v) is 16.4. The van der Waals surface area contributed by atoms with Crippen molar-refractivity contribution in [1.29, 1.82) is 0 Å². The second-order valence-corrected chi connectivity index (χ2v) is 6.72. The average Bonchev–Trinajstić information content (AvgIpc) is 2.99. The molecule has 0 aliphatic carbocycles. The normalized spacial score (nSPS) is 16.7. The molecular weight excluding hydrogens is 346 g/mol. The maximum atomic E-state index is 5.53. The third-order valence-electron chi connectivity index (χ3n) is 5.04. The van der Waals surface area contributed by atoms with E-state index in [2.05, 4.69) is 26.5 Å². The number of hydrogen-bond acceptors (Lipinski definition) is 7. The summed E-state index contributed by atoms with van der Waals surface area (Å²) in [5, 5.41) is 12.5. The largest absolute Gasteiger partial charge is 0.493 e. The predicted octanol–water partition coefficient (Wildman–Crippen LogP) is 2.30. The van der Waals surface area contributed by atoms with Crippen LogP contribution in [-0.4, -0.2) is 66.1 Å². The minimum absolute atomic E-state index is 0.0326. The van der Waals surface area contributed by atoms with Gasteiger partial charge in [0.15, 0.2) is 17.3 Å². The first-order valence-electron chi connectivity index (χ1n) is 9.49. The lowest BCUT2D eigenvalue weighted by atomic mass is 10.0. The fraction of sp³-hybridized carbons (Fsp3) is 0.632. The molecule has 8 heteroatoms. The topological polar surface area (TPSA) is 74.5 Å². The number of nitrogens with zero attached hydrogens (tertiary/aromatic N) is 5. The van der Waals surface area contributed by atoms with Crippen molar-refractivity contribution in [3.8, 4) is 11.5 Å². The van der Waals surface area contributed by atoms with Gasteiger partial charge in [-0.15, -0.1) is 5.10 Å². The van der Waals surface area contributed by atoms with Crippen molar-refractivity contribution in [2.24, 2.45) is 0 Å². The van der Waals surface area contributed by atoms with Gasteiger partial charge in [-0.05, 0) is 54.1 Å². The summed E-state index contributed by atoms with van der Waals surface area (Å²) in [5.74, 6) is 2.27. The zero-order valence-electron chi connectivity index (χ0n) is 16.4. The first kappa shape index (κ1) is 19.6. The molecule has 3 rings (SSSR count). The van der Waals surface area contributed by atoms with E-state index in [1.54, 1.807) is 21.3 Å². The second-order valence-electron chi connectivity index (χ2n) is 6.72. The molecule has 1 saturated heterocycles. The summed E-state index contributed by atoms with van der Waals surface area (Å²) in [6.07, 6.45) is 4.90. The van der Waals surface area contributed by atoms with Gasteiger partial charge in [0.25, 0.3) is 0 Å². The predicted molar refractivity (Wildman–Crippen MR) is 101 cm³/mol. The van der Waals surface area contributed by atoms with Gasteiger partial charge < -0.3 is 14.2 Å². The Morgan fingerprint density at radius 1 is 1.00 bits per heavy atom. The van der Waals surface area contributed by atoms with Crippen LogP contribution in [0.1, 0.15) is 43.1 Å². The molecular formula is C19H29N5O3. The number of likely N-dealkylation sites (tertiary alicyclic amines) is 1. The van der Waals surface area contributed by atoms with Gasteiger partial charge in [0.05, 0.1) is 33.4 Å². The van der Waals surface area contributed by atoms with Gasteiger partial charge in [0, 0.05) is 7.11 Å². The Morgan fingerprint density at radius 3 is 2.41 bits per heavy atom. The van der Waals surface area contributed by atoms with Crippen LogP contribution in [0.3, 0.4) is 0 Å². The number of methoxy groups -OCH3 is 3. The minimum Gasteiger partial charge on any atom is -0.493 e. The summed E-state index contributed by atoms with van der Waals surface area (Å²) in [5.41, 5.74) is 1.10. The third kappa shape index (κ3) is 4.56. The van der Waals surface area contributed by atoms with Gasteiger partial charge >= 0.3 is 0 Å². The summed E-state index contributed by atoms with van der Waals surface area (Å²) in [6, 6.07) is 6.02. The molecule has 148 valence electrons. The molecule has 1 fully saturated rings. The highest BCUT2D eigenvalue weighted by molar-refractivity contribution is 5.44. The van der Waals surface area contributed by atoms with Gasteiger partial charge in [-0.1, -0.05) is 18.9 Å². The van der Waals surface area contributed by atoms with Crippen molar-refractivity contribution in [2.75, 3.05) is 41.0 Å². The average molecular weight is 375 g/mol. The Balaban J connectivity index is 2.01. The lowest BCUT2D eigenvalue weighted by Gasteiger charge is -2.30. The summed E-state index contributed by atoms with van der Waals surface area (Å²) in [7, 11) is 4.99. The van der Waals surface area contributed by atoms with E-state index >= 15 is 0 Å². The van der Waals surface area contributed by atoms with Crippen LogP contribution in [0.2, 0.25) is 0 Å². The smallest absolute Gasteiger partial charge is 0.173 e. The maximum Gasteiger partial charge on any atom is 0.173 e. The SMILES string of the molecule is COCCn1nnnc1C(c1ccc(OC)c(OC)c1)N1CCCCCC1. The highest BCUT2D eigenvalue weighted by Gasteiger charge is 2.29. The molecule has 1 aliphatic rings. The number of rotatable bonds is 8. The molecule has 8 nitrogen and oxygen atoms in total. The van der Waals surface area contributed by atoms with Crippen molar-refractivity contribution >= 4 is 0 Å². The van der Waals surface area contributed by atoms with Crippen LogP contribution in [-0.2, 0) is 11.3 Å². The number of ether oxygens (including phenoxy) is 3. The molecule has 0 radical (unpaired) electrons. The van der Waals surface area contributed by atoms with E-state index in [4.69, 9.17) is 14.2 Å². The highest BCUT2D eigenvalue weighted by atomic mass is 16.5. The zero-order chi connectivity index (χ0) is 19.1. The molecule has 2 heterocycles. The van der Waals surface area contributed by atoms with E-state index in [9.17, 15) is 0 Å². The van der Waals surface area contributed by atoms with E-state index in [0.29, 0.717) is 18.9 Å². The first-order chi connectivity index (χ1) is 13.3. The molecule has 0 spiro atoms. The molecule has 0 bridgehead atoms. The van der Waals surface area contributed by atoms with Crippen LogP contribution in [0.4, 0.5) is 0 Å². The number of aromatic nitrogens is 4. The van der Waals surface area contributed by atoms with Gasteiger partial charge in [0.2, 0.25) is 0 Å². The third-order valence-corrected chi connectivity index (χ3v) is 5.04. The van der Waals surface area contributed by atoms with Crippen molar-refractivity contribution in [1.82, 2.24) is 25.1 Å². The molecule has 2 aromatic rings. The fourth-order valence-electron chi connectivity index (χ4n) is 3.64. The second kappa shape index (κ2) is 9.66. The van der Waals surface area contributed by atoms with Crippen LogP contribution in [0.25, 0.3) is 0 Å². The van der Waals surface area contributed by atoms with Crippen molar-refractivity contribution < 1.29 is 14.2 Å². The van der Waals surface area contributed by atoms with Gasteiger partial charge in [-0.2, -0.15) is 0 Å². The first-order valence-corrected chi connectivity index (χ1v) is 9.49. The van der Waals surface area contributed by atoms with Crippen LogP contribution >= 0.6 is 0 Å². The highest BCUT2D eigenvalue weighted by Crippen LogP contribution is 2.35. The molecule has 1 aromatic heterocycles. The maximum absolute atomic E-state index is 5.53. The summed E-state index contributed by atoms with van der Waals surface area (Å²) in [4.78, 5) is 2.48. The number of hydrogen-bond donors (Lipinski definition) is 0. The lowest BCUT2D eigenvalue weighted by molar-refractivity contribution is 0.175. The van der Waals surface area contributed by atoms with Crippen LogP contribution in [0, 0.1) is 0 Å². The van der Waals surface area contributed by atoms with Crippen molar-refractivity contribution in [3.05, 3.63) is 29.6 Å². The summed E-state index contributed by atoms with van der Waals surface area (Å²) in [6.45, 7) is 3.24. The fourth-order valence-corrected chi connectivity index (χ4v) is 3.64. The minimum atomic E-state index is -0.0326. The summed E-state index contributed by atoms with van der Waals surface area (Å²) >= 11 is 0. The monoisotopic (exact) mass is 375 g/mol. The van der Waals surface area contributed by atoms with Gasteiger partial charge in [0.1, 0.15) is 0 Å². The quantitative estimate of drug-likeness (QED) is 0.701. The van der Waals surface area contributed by atoms with E-state index in [1.807, 2.05) is 16.8 Å². The van der Waals surface area contributed by atoms with Crippen LogP contribution in [0.5, 0.6) is 11.5 Å². The van der Waals surface area contributed by atoms with Crippen LogP contribution < -0.4 is 9.47 Å². The summed E-state index contributed by atoms with van der Waals surface area (Å²) < 4.78 is 18.0. The van der Waals surface area contributed by atoms with E-state index in [-0.39, 0.29) is 6.04 Å². The lowest BCUT2D eigenvalue weighted by Crippen LogP contribution is -2.33. The molecule has 0 amide bonds. The van der Waals surface area contributed by atoms with E-state index in [1.165, 1.54) is 25.7 Å². The Bertz CT molecular complexity index is 713. The molecule has 0 N–H and O–H groups in total. The van der Waals surface area contributed by atoms with Gasteiger partial charge in [-0.3, -0.25) is 4.90 Å². The Morgan fingerprint density at radius 2 is 1.74 bits per heavy atom. The van der Waals surface area contributed by atoms with Crippen molar-refractivity contribution in [2.45, 2.75) is 38.3 Å².